The summed E-state index contributed by atoms with van der Waals surface area (Å²) in [5.41, 5.74) is 5.88. The Labute approximate surface area is 141 Å². The number of unbranched alkanes of at least 4 members (excludes halogenated alkanes) is 2. The molecule has 0 saturated heterocycles. The third kappa shape index (κ3) is 4.65. The van der Waals surface area contributed by atoms with Crippen LogP contribution >= 0.6 is 17.0 Å². The molecule has 0 spiro atoms. The van der Waals surface area contributed by atoms with Gasteiger partial charge < -0.3 is 0 Å². The molecular formula is C17H23Cl2Zr-. The summed E-state index contributed by atoms with van der Waals surface area (Å²) in [6.45, 7) is 8.98. The number of hydrogen-bond donors (Lipinski definition) is 0. The van der Waals surface area contributed by atoms with Crippen LogP contribution in [0.2, 0.25) is 0 Å². The van der Waals surface area contributed by atoms with E-state index in [4.69, 9.17) is 17.0 Å². The van der Waals surface area contributed by atoms with Gasteiger partial charge in [0.15, 0.2) is 0 Å². The molecule has 0 fully saturated rings. The van der Waals surface area contributed by atoms with E-state index in [1.54, 1.807) is 5.56 Å². The fourth-order valence-electron chi connectivity index (χ4n) is 2.69. The maximum atomic E-state index is 4.93. The molecule has 3 heteroatoms. The molecule has 0 radical (unpaired) electrons. The van der Waals surface area contributed by atoms with E-state index in [0.717, 1.165) is 0 Å². The van der Waals surface area contributed by atoms with Crippen LogP contribution in [0.25, 0.3) is 10.8 Å². The Hall–Kier alpha value is 0.293. The predicted octanol–water partition coefficient (Wildman–Crippen LogP) is 6.59. The zero-order valence-corrected chi connectivity index (χ0v) is 16.8. The van der Waals surface area contributed by atoms with Gasteiger partial charge in [0.25, 0.3) is 0 Å². The van der Waals surface area contributed by atoms with Crippen molar-refractivity contribution in [3.8, 4) is 0 Å². The number of aryl methyl sites for hydroxylation is 4. The summed E-state index contributed by atoms with van der Waals surface area (Å²) in [7, 11) is 9.87. The number of halogens is 2. The Kier molecular flexibility index (Phi) is 8.56. The van der Waals surface area contributed by atoms with Crippen LogP contribution in [-0.4, -0.2) is 0 Å². The average Bonchev–Trinajstić information content (AvgIpc) is 2.71. The number of rotatable bonds is 4. The first kappa shape index (κ1) is 18.3. The second-order valence-electron chi connectivity index (χ2n) is 5.31. The van der Waals surface area contributed by atoms with Gasteiger partial charge in [0, 0.05) is 0 Å². The van der Waals surface area contributed by atoms with Crippen molar-refractivity contribution in [2.24, 2.45) is 0 Å². The molecule has 0 aliphatic heterocycles. The van der Waals surface area contributed by atoms with E-state index in [-0.39, 0.29) is 0 Å². The fourth-order valence-corrected chi connectivity index (χ4v) is 2.69. The van der Waals surface area contributed by atoms with Crippen LogP contribution < -0.4 is 0 Å². The van der Waals surface area contributed by atoms with Crippen molar-refractivity contribution in [3.63, 3.8) is 0 Å². The van der Waals surface area contributed by atoms with Gasteiger partial charge in [-0.15, -0.1) is 34.0 Å². The van der Waals surface area contributed by atoms with Crippen LogP contribution in [0.3, 0.4) is 0 Å². The summed E-state index contributed by atoms with van der Waals surface area (Å²) < 4.78 is 0. The standard InChI is InChI=1S/C17H23.2ClH.Zr/c1-5-6-7-8-15-10-9-12(2)16-11-13(3)14(4)17(15)16;;;/h9-11H,5-8H2,1-4H3;2*1H;/q-1;;;+2/p-2. The van der Waals surface area contributed by atoms with Gasteiger partial charge in [-0.25, -0.2) is 0 Å². The Morgan fingerprint density at radius 3 is 2.35 bits per heavy atom. The van der Waals surface area contributed by atoms with Gasteiger partial charge in [-0.1, -0.05) is 58.6 Å². The Balaban J connectivity index is 0.000000612. The molecular weight excluding hydrogens is 366 g/mol. The van der Waals surface area contributed by atoms with Gasteiger partial charge in [0.05, 0.1) is 0 Å². The number of benzene rings is 1. The van der Waals surface area contributed by atoms with Crippen LogP contribution in [0.1, 0.15) is 48.4 Å². The van der Waals surface area contributed by atoms with Crippen LogP contribution in [0.5, 0.6) is 0 Å². The third-order valence-corrected chi connectivity index (χ3v) is 3.93. The van der Waals surface area contributed by atoms with Crippen molar-refractivity contribution in [2.45, 2.75) is 53.4 Å². The summed E-state index contributed by atoms with van der Waals surface area (Å²) in [5, 5.41) is 2.99. The number of hydrogen-bond acceptors (Lipinski definition) is 0. The molecule has 0 aromatic heterocycles. The fraction of sp³-hybridized carbons (Fsp3) is 0.471. The van der Waals surface area contributed by atoms with E-state index in [1.807, 2.05) is 0 Å². The summed E-state index contributed by atoms with van der Waals surface area (Å²) in [6.07, 6.45) is 5.19. The minimum atomic E-state index is -0.826. The van der Waals surface area contributed by atoms with Crippen molar-refractivity contribution in [1.29, 1.82) is 0 Å². The Bertz CT molecular complexity index is 543. The zero-order chi connectivity index (χ0) is 15.1. The minimum absolute atomic E-state index is 0.826. The second-order valence-corrected chi connectivity index (χ2v) is 9.04. The monoisotopic (exact) mass is 387 g/mol. The maximum absolute atomic E-state index is 4.93. The van der Waals surface area contributed by atoms with E-state index in [1.165, 1.54) is 53.1 Å². The molecule has 0 unspecified atom stereocenters. The normalized spacial score (nSPS) is 10.3. The van der Waals surface area contributed by atoms with Crippen LogP contribution in [0.4, 0.5) is 0 Å². The first-order valence-electron chi connectivity index (χ1n) is 7.18. The van der Waals surface area contributed by atoms with Gasteiger partial charge in [-0.3, -0.25) is 0 Å². The molecule has 2 aromatic rings. The summed E-state index contributed by atoms with van der Waals surface area (Å²) in [5.74, 6) is 0. The summed E-state index contributed by atoms with van der Waals surface area (Å²) in [6, 6.07) is 6.96. The molecule has 0 atom stereocenters. The molecule has 0 amide bonds. The topological polar surface area (TPSA) is 0 Å². The molecule has 0 saturated carbocycles. The van der Waals surface area contributed by atoms with Crippen molar-refractivity contribution < 1.29 is 20.8 Å². The van der Waals surface area contributed by atoms with Crippen molar-refractivity contribution in [1.82, 2.24) is 0 Å². The van der Waals surface area contributed by atoms with E-state index in [0.29, 0.717) is 0 Å². The molecule has 0 N–H and O–H groups in total. The first-order valence-corrected chi connectivity index (χ1v) is 13.5. The van der Waals surface area contributed by atoms with Crippen LogP contribution in [0, 0.1) is 20.8 Å². The molecule has 0 aliphatic carbocycles. The van der Waals surface area contributed by atoms with Crippen molar-refractivity contribution in [2.75, 3.05) is 0 Å². The molecule has 20 heavy (non-hydrogen) atoms. The molecule has 2 rings (SSSR count). The van der Waals surface area contributed by atoms with Gasteiger partial charge in [0.2, 0.25) is 0 Å². The molecule has 2 aromatic carbocycles. The van der Waals surface area contributed by atoms with Crippen LogP contribution in [-0.2, 0) is 27.3 Å². The predicted molar refractivity (Wildman–Crippen MR) is 88.7 cm³/mol. The first-order chi connectivity index (χ1) is 9.56. The zero-order valence-electron chi connectivity index (χ0n) is 12.8. The summed E-state index contributed by atoms with van der Waals surface area (Å²) >= 11 is -0.826. The van der Waals surface area contributed by atoms with Gasteiger partial charge in [-0.2, -0.15) is 5.56 Å². The Morgan fingerprint density at radius 1 is 1.10 bits per heavy atom. The third-order valence-electron chi connectivity index (χ3n) is 3.93. The Morgan fingerprint density at radius 2 is 1.75 bits per heavy atom. The van der Waals surface area contributed by atoms with E-state index in [9.17, 15) is 0 Å². The summed E-state index contributed by atoms with van der Waals surface area (Å²) in [4.78, 5) is 0. The SMILES string of the molecule is CCCCCc1ccc(C)c2[cH-]c(C)c(C)c12.[Cl][Zr][Cl]. The molecule has 0 heterocycles. The van der Waals surface area contributed by atoms with Gasteiger partial charge in [0.1, 0.15) is 0 Å². The second kappa shape index (κ2) is 9.34. The molecule has 110 valence electrons. The van der Waals surface area contributed by atoms with E-state index >= 15 is 0 Å². The van der Waals surface area contributed by atoms with Crippen molar-refractivity contribution in [3.05, 3.63) is 40.5 Å². The van der Waals surface area contributed by atoms with Gasteiger partial charge in [-0.05, 0) is 6.42 Å². The van der Waals surface area contributed by atoms with Crippen LogP contribution in [0.15, 0.2) is 18.2 Å². The van der Waals surface area contributed by atoms with E-state index in [2.05, 4.69) is 45.9 Å². The van der Waals surface area contributed by atoms with E-state index < -0.39 is 20.8 Å². The average molecular weight is 390 g/mol. The molecule has 0 aliphatic rings. The van der Waals surface area contributed by atoms with Crippen molar-refractivity contribution >= 4 is 27.8 Å². The quantitative estimate of drug-likeness (QED) is 0.409. The molecule has 0 nitrogen and oxygen atoms in total. The molecule has 0 bridgehead atoms. The van der Waals surface area contributed by atoms with Gasteiger partial charge >= 0.3 is 37.9 Å². The number of fused-ring (bicyclic) bond motifs is 1.